The fourth-order valence-electron chi connectivity index (χ4n) is 2.28. The first-order valence-corrected chi connectivity index (χ1v) is 6.53. The van der Waals surface area contributed by atoms with E-state index in [0.717, 1.165) is 23.6 Å². The minimum absolute atomic E-state index is 0.131. The molecule has 0 saturated heterocycles. The average Bonchev–Trinajstić information content (AvgIpc) is 2.83. The summed E-state index contributed by atoms with van der Waals surface area (Å²) in [5.41, 5.74) is 3.48. The van der Waals surface area contributed by atoms with Crippen molar-refractivity contribution in [2.24, 2.45) is 7.05 Å². The zero-order valence-electron chi connectivity index (χ0n) is 12.0. The van der Waals surface area contributed by atoms with Gasteiger partial charge >= 0.3 is 0 Å². The maximum absolute atomic E-state index is 5.41. The predicted molar refractivity (Wildman–Crippen MR) is 76.5 cm³/mol. The van der Waals surface area contributed by atoms with Crippen LogP contribution < -0.4 is 10.1 Å². The van der Waals surface area contributed by atoms with Crippen molar-refractivity contribution in [1.29, 1.82) is 0 Å². The first-order valence-electron chi connectivity index (χ1n) is 6.53. The minimum atomic E-state index is 0.131. The molecule has 1 aromatic heterocycles. The molecule has 0 aliphatic carbocycles. The number of ether oxygens (including phenoxy) is 1. The smallest absolute Gasteiger partial charge is 0.122 e. The maximum Gasteiger partial charge on any atom is 0.122 e. The molecule has 0 aliphatic rings. The van der Waals surface area contributed by atoms with Gasteiger partial charge in [0.25, 0.3) is 0 Å². The van der Waals surface area contributed by atoms with Crippen LogP contribution in [0.3, 0.4) is 0 Å². The largest absolute Gasteiger partial charge is 0.496 e. The molecule has 1 N–H and O–H groups in total. The Hall–Kier alpha value is -1.81. The van der Waals surface area contributed by atoms with E-state index in [0.29, 0.717) is 0 Å². The Morgan fingerprint density at radius 1 is 1.37 bits per heavy atom. The summed E-state index contributed by atoms with van der Waals surface area (Å²) in [6, 6.07) is 8.49. The van der Waals surface area contributed by atoms with Gasteiger partial charge in [0.05, 0.1) is 18.8 Å². The van der Waals surface area contributed by atoms with Crippen LogP contribution in [-0.4, -0.2) is 23.4 Å². The van der Waals surface area contributed by atoms with Crippen molar-refractivity contribution >= 4 is 0 Å². The normalized spacial score (nSPS) is 12.4. The van der Waals surface area contributed by atoms with Crippen molar-refractivity contribution in [3.63, 3.8) is 0 Å². The van der Waals surface area contributed by atoms with Gasteiger partial charge in [-0.3, -0.25) is 4.68 Å². The molecular weight excluding hydrogens is 238 g/mol. The second-order valence-electron chi connectivity index (χ2n) is 4.60. The highest BCUT2D eigenvalue weighted by Gasteiger charge is 2.17. The van der Waals surface area contributed by atoms with Crippen LogP contribution in [0.15, 0.2) is 30.5 Å². The Morgan fingerprint density at radius 3 is 2.74 bits per heavy atom. The highest BCUT2D eigenvalue weighted by molar-refractivity contribution is 5.40. The third kappa shape index (κ3) is 2.79. The topological polar surface area (TPSA) is 39.1 Å². The molecule has 0 aliphatic heterocycles. The molecule has 1 aromatic carbocycles. The minimum Gasteiger partial charge on any atom is -0.496 e. The molecule has 0 amide bonds. The van der Waals surface area contributed by atoms with E-state index in [1.807, 2.05) is 24.0 Å². The van der Waals surface area contributed by atoms with Crippen LogP contribution in [0.2, 0.25) is 0 Å². The van der Waals surface area contributed by atoms with Gasteiger partial charge in [-0.15, -0.1) is 0 Å². The number of hydrogen-bond donors (Lipinski definition) is 1. The number of benzene rings is 1. The number of aryl methyl sites for hydroxylation is 2. The molecule has 2 rings (SSSR count). The zero-order valence-corrected chi connectivity index (χ0v) is 12.0. The van der Waals surface area contributed by atoms with Crippen LogP contribution in [0.4, 0.5) is 0 Å². The first-order chi connectivity index (χ1) is 9.17. The molecule has 1 atom stereocenters. The number of nitrogens with zero attached hydrogens (tertiary/aromatic N) is 2. The third-order valence-electron chi connectivity index (χ3n) is 3.33. The first kappa shape index (κ1) is 13.6. The SMILES string of the molecule is CCNC(c1ccc(C)c(OC)c1)c1ccnn1C. The second-order valence-corrected chi connectivity index (χ2v) is 4.60. The highest BCUT2D eigenvalue weighted by Crippen LogP contribution is 2.27. The molecule has 1 unspecified atom stereocenters. The van der Waals surface area contributed by atoms with Crippen molar-refractivity contribution in [3.8, 4) is 5.75 Å². The van der Waals surface area contributed by atoms with Gasteiger partial charge < -0.3 is 10.1 Å². The summed E-state index contributed by atoms with van der Waals surface area (Å²) in [5, 5.41) is 7.75. The summed E-state index contributed by atoms with van der Waals surface area (Å²) in [7, 11) is 3.67. The molecule has 0 bridgehead atoms. The average molecular weight is 259 g/mol. The molecule has 0 saturated carbocycles. The van der Waals surface area contributed by atoms with Gasteiger partial charge in [0.15, 0.2) is 0 Å². The van der Waals surface area contributed by atoms with Crippen LogP contribution >= 0.6 is 0 Å². The number of methoxy groups -OCH3 is 1. The van der Waals surface area contributed by atoms with E-state index in [-0.39, 0.29) is 6.04 Å². The molecule has 4 nitrogen and oxygen atoms in total. The van der Waals surface area contributed by atoms with Gasteiger partial charge in [-0.1, -0.05) is 19.1 Å². The lowest BCUT2D eigenvalue weighted by atomic mass is 10.0. The second kappa shape index (κ2) is 5.89. The van der Waals surface area contributed by atoms with E-state index in [1.165, 1.54) is 5.56 Å². The summed E-state index contributed by atoms with van der Waals surface area (Å²) in [6.45, 7) is 5.05. The van der Waals surface area contributed by atoms with Crippen molar-refractivity contribution < 1.29 is 4.74 Å². The maximum atomic E-state index is 5.41. The molecule has 2 aromatic rings. The number of hydrogen-bond acceptors (Lipinski definition) is 3. The van der Waals surface area contributed by atoms with Crippen LogP contribution in [0.1, 0.15) is 29.8 Å². The fraction of sp³-hybridized carbons (Fsp3) is 0.400. The summed E-state index contributed by atoms with van der Waals surface area (Å²) in [6.07, 6.45) is 1.82. The Bertz CT molecular complexity index is 548. The van der Waals surface area contributed by atoms with Gasteiger partial charge in [0.1, 0.15) is 5.75 Å². The Labute approximate surface area is 114 Å². The van der Waals surface area contributed by atoms with E-state index in [9.17, 15) is 0 Å². The fourth-order valence-corrected chi connectivity index (χ4v) is 2.28. The molecule has 0 spiro atoms. The van der Waals surface area contributed by atoms with E-state index in [1.54, 1.807) is 7.11 Å². The molecular formula is C15H21N3O. The van der Waals surface area contributed by atoms with Crippen LogP contribution in [0.5, 0.6) is 5.75 Å². The van der Waals surface area contributed by atoms with E-state index < -0.39 is 0 Å². The molecule has 4 heteroatoms. The highest BCUT2D eigenvalue weighted by atomic mass is 16.5. The van der Waals surface area contributed by atoms with Gasteiger partial charge in [-0.25, -0.2) is 0 Å². The van der Waals surface area contributed by atoms with Crippen molar-refractivity contribution in [2.45, 2.75) is 19.9 Å². The Kier molecular flexibility index (Phi) is 4.22. The van der Waals surface area contributed by atoms with E-state index >= 15 is 0 Å². The monoisotopic (exact) mass is 259 g/mol. The van der Waals surface area contributed by atoms with Crippen molar-refractivity contribution in [3.05, 3.63) is 47.3 Å². The lowest BCUT2D eigenvalue weighted by molar-refractivity contribution is 0.410. The number of nitrogens with one attached hydrogen (secondary N) is 1. The molecule has 102 valence electrons. The molecule has 19 heavy (non-hydrogen) atoms. The molecule has 0 radical (unpaired) electrons. The van der Waals surface area contributed by atoms with Gasteiger partial charge in [0.2, 0.25) is 0 Å². The van der Waals surface area contributed by atoms with Crippen LogP contribution in [0, 0.1) is 6.92 Å². The summed E-state index contributed by atoms with van der Waals surface area (Å²) >= 11 is 0. The third-order valence-corrected chi connectivity index (χ3v) is 3.33. The van der Waals surface area contributed by atoms with Gasteiger partial charge in [-0.05, 0) is 36.7 Å². The summed E-state index contributed by atoms with van der Waals surface area (Å²) < 4.78 is 7.31. The standard InChI is InChI=1S/C15H21N3O/c1-5-16-15(13-8-9-17-18(13)3)12-7-6-11(2)14(10-12)19-4/h6-10,15-16H,5H2,1-4H3. The number of rotatable bonds is 5. The molecule has 1 heterocycles. The quantitative estimate of drug-likeness (QED) is 0.896. The lowest BCUT2D eigenvalue weighted by Crippen LogP contribution is -2.24. The van der Waals surface area contributed by atoms with Crippen LogP contribution in [0.25, 0.3) is 0 Å². The zero-order chi connectivity index (χ0) is 13.8. The Morgan fingerprint density at radius 2 is 2.16 bits per heavy atom. The van der Waals surface area contributed by atoms with Crippen molar-refractivity contribution in [1.82, 2.24) is 15.1 Å². The van der Waals surface area contributed by atoms with E-state index in [4.69, 9.17) is 4.74 Å². The summed E-state index contributed by atoms with van der Waals surface area (Å²) in [4.78, 5) is 0. The Balaban J connectivity index is 2.42. The van der Waals surface area contributed by atoms with Crippen molar-refractivity contribution in [2.75, 3.05) is 13.7 Å². The summed E-state index contributed by atoms with van der Waals surface area (Å²) in [5.74, 6) is 0.919. The van der Waals surface area contributed by atoms with Crippen LogP contribution in [-0.2, 0) is 7.05 Å². The molecule has 0 fully saturated rings. The van der Waals surface area contributed by atoms with Gasteiger partial charge in [0, 0.05) is 13.2 Å². The van der Waals surface area contributed by atoms with Gasteiger partial charge in [-0.2, -0.15) is 5.10 Å². The predicted octanol–water partition coefficient (Wildman–Crippen LogP) is 2.44. The number of aromatic nitrogens is 2. The lowest BCUT2D eigenvalue weighted by Gasteiger charge is -2.20. The van der Waals surface area contributed by atoms with E-state index in [2.05, 4.69) is 42.5 Å².